The van der Waals surface area contributed by atoms with Gasteiger partial charge in [-0.3, -0.25) is 0 Å². The molecule has 2 bridgehead atoms. The Morgan fingerprint density at radius 3 is 3.14 bits per heavy atom. The first-order valence-electron chi connectivity index (χ1n) is 7.23. The number of ether oxygens (including phenoxy) is 1. The summed E-state index contributed by atoms with van der Waals surface area (Å²) in [6, 6.07) is 4.11. The van der Waals surface area contributed by atoms with E-state index in [9.17, 15) is 4.79 Å². The normalized spacial score (nSPS) is 25.2. The quantitative estimate of drug-likeness (QED) is 0.867. The third-order valence-corrected chi connectivity index (χ3v) is 4.97. The molecule has 2 fully saturated rings. The van der Waals surface area contributed by atoms with E-state index < -0.39 is 6.09 Å². The summed E-state index contributed by atoms with van der Waals surface area (Å²) in [5, 5.41) is 3.03. The third kappa shape index (κ3) is 1.99. The van der Waals surface area contributed by atoms with Crippen molar-refractivity contribution in [3.05, 3.63) is 22.7 Å². The average molecular weight is 306 g/mol. The molecular formula is C15H16ClN3O2. The molecule has 0 spiro atoms. The standard InChI is InChI=1S/C15H16ClN3O2/c1-17-15(20)21-10-5-12(16)11-7-19-9-3-2-8(4-9)14(19)18-13(11)6-10/h5-6,8-9H,2-4,7H2,1H3,(H,17,20). The number of aliphatic imine (C=N–C) groups is 1. The number of piperidine rings is 1. The average Bonchev–Trinajstić information content (AvgIpc) is 3.07. The molecule has 1 aromatic carbocycles. The molecule has 1 saturated heterocycles. The minimum atomic E-state index is -0.504. The molecule has 2 atom stereocenters. The second-order valence-electron chi connectivity index (χ2n) is 5.80. The number of hydrogen-bond acceptors (Lipinski definition) is 4. The monoisotopic (exact) mass is 305 g/mol. The number of carbonyl (C=O) groups is 1. The predicted molar refractivity (Wildman–Crippen MR) is 80.3 cm³/mol. The lowest BCUT2D eigenvalue weighted by Crippen LogP contribution is -2.38. The maximum atomic E-state index is 11.3. The highest BCUT2D eigenvalue weighted by molar-refractivity contribution is 6.32. The summed E-state index contributed by atoms with van der Waals surface area (Å²) in [4.78, 5) is 18.5. The third-order valence-electron chi connectivity index (χ3n) is 4.63. The number of hydrogen-bond donors (Lipinski definition) is 1. The molecule has 0 radical (unpaired) electrons. The summed E-state index contributed by atoms with van der Waals surface area (Å²) in [7, 11) is 1.52. The zero-order chi connectivity index (χ0) is 14.6. The van der Waals surface area contributed by atoms with Crippen molar-refractivity contribution in [3.63, 3.8) is 0 Å². The van der Waals surface area contributed by atoms with Gasteiger partial charge in [0.15, 0.2) is 0 Å². The van der Waals surface area contributed by atoms with E-state index in [1.807, 2.05) is 0 Å². The van der Waals surface area contributed by atoms with Gasteiger partial charge in [-0.2, -0.15) is 0 Å². The van der Waals surface area contributed by atoms with Crippen LogP contribution < -0.4 is 10.1 Å². The number of amidine groups is 1. The molecule has 1 N–H and O–H groups in total. The number of benzene rings is 1. The first-order valence-corrected chi connectivity index (χ1v) is 7.60. The molecule has 6 heteroatoms. The van der Waals surface area contributed by atoms with Crippen LogP contribution in [0, 0.1) is 5.92 Å². The van der Waals surface area contributed by atoms with E-state index in [0.29, 0.717) is 22.7 Å². The van der Waals surface area contributed by atoms with Gasteiger partial charge in [0.25, 0.3) is 0 Å². The molecule has 1 amide bonds. The summed E-state index contributed by atoms with van der Waals surface area (Å²) < 4.78 is 5.17. The fourth-order valence-corrected chi connectivity index (χ4v) is 3.89. The molecule has 1 aliphatic carbocycles. The van der Waals surface area contributed by atoms with Gasteiger partial charge < -0.3 is 15.0 Å². The van der Waals surface area contributed by atoms with Crippen molar-refractivity contribution in [2.75, 3.05) is 7.05 Å². The Labute approximate surface area is 127 Å². The largest absolute Gasteiger partial charge is 0.412 e. The molecular weight excluding hydrogens is 290 g/mol. The summed E-state index contributed by atoms with van der Waals surface area (Å²) in [5.41, 5.74) is 1.86. The van der Waals surface area contributed by atoms with Crippen LogP contribution in [0.4, 0.5) is 10.5 Å². The van der Waals surface area contributed by atoms with Crippen LogP contribution in [0.25, 0.3) is 0 Å². The van der Waals surface area contributed by atoms with Gasteiger partial charge in [-0.25, -0.2) is 9.79 Å². The van der Waals surface area contributed by atoms with Crippen molar-refractivity contribution in [2.24, 2.45) is 10.9 Å². The van der Waals surface area contributed by atoms with Gasteiger partial charge in [-0.05, 0) is 19.3 Å². The molecule has 21 heavy (non-hydrogen) atoms. The number of rotatable bonds is 1. The van der Waals surface area contributed by atoms with Crippen LogP contribution in [-0.4, -0.2) is 29.9 Å². The summed E-state index contributed by atoms with van der Waals surface area (Å²) >= 11 is 6.36. The Bertz CT molecular complexity index is 659. The summed E-state index contributed by atoms with van der Waals surface area (Å²) in [6.45, 7) is 0.814. The molecule has 2 aliphatic heterocycles. The molecule has 2 unspecified atom stereocenters. The van der Waals surface area contributed by atoms with Gasteiger partial charge in [0, 0.05) is 43.2 Å². The molecule has 5 nitrogen and oxygen atoms in total. The number of halogens is 1. The Morgan fingerprint density at radius 2 is 2.33 bits per heavy atom. The van der Waals surface area contributed by atoms with Crippen LogP contribution in [0.1, 0.15) is 24.8 Å². The predicted octanol–water partition coefficient (Wildman–Crippen LogP) is 3.09. The van der Waals surface area contributed by atoms with Crippen molar-refractivity contribution in [1.82, 2.24) is 10.2 Å². The molecule has 1 aromatic rings. The minimum absolute atomic E-state index is 0.430. The highest BCUT2D eigenvalue weighted by Crippen LogP contribution is 2.46. The molecule has 3 aliphatic rings. The Balaban J connectivity index is 1.72. The van der Waals surface area contributed by atoms with E-state index in [4.69, 9.17) is 21.3 Å². The summed E-state index contributed by atoms with van der Waals surface area (Å²) in [5.74, 6) is 2.21. The number of fused-ring (bicyclic) bond motifs is 6. The fraction of sp³-hybridized carbons (Fsp3) is 0.467. The zero-order valence-electron chi connectivity index (χ0n) is 11.7. The van der Waals surface area contributed by atoms with Gasteiger partial charge >= 0.3 is 6.09 Å². The van der Waals surface area contributed by atoms with Gasteiger partial charge in [-0.15, -0.1) is 0 Å². The molecule has 2 heterocycles. The van der Waals surface area contributed by atoms with E-state index in [1.54, 1.807) is 12.1 Å². The minimum Gasteiger partial charge on any atom is -0.410 e. The van der Waals surface area contributed by atoms with Gasteiger partial charge in [0.1, 0.15) is 11.6 Å². The highest BCUT2D eigenvalue weighted by atomic mass is 35.5. The number of nitrogens with zero attached hydrogens (tertiary/aromatic N) is 2. The lowest BCUT2D eigenvalue weighted by Gasteiger charge is -2.34. The van der Waals surface area contributed by atoms with E-state index >= 15 is 0 Å². The Morgan fingerprint density at radius 1 is 1.48 bits per heavy atom. The lowest BCUT2D eigenvalue weighted by molar-refractivity contribution is 0.203. The smallest absolute Gasteiger partial charge is 0.410 e. The number of amides is 1. The van der Waals surface area contributed by atoms with E-state index in [2.05, 4.69) is 10.2 Å². The molecule has 4 rings (SSSR count). The fourth-order valence-electron chi connectivity index (χ4n) is 3.63. The molecule has 0 aromatic heterocycles. The van der Waals surface area contributed by atoms with Crippen LogP contribution in [0.3, 0.4) is 0 Å². The second-order valence-corrected chi connectivity index (χ2v) is 6.21. The van der Waals surface area contributed by atoms with Gasteiger partial charge in [-0.1, -0.05) is 11.6 Å². The topological polar surface area (TPSA) is 53.9 Å². The Kier molecular flexibility index (Phi) is 2.85. The van der Waals surface area contributed by atoms with Crippen LogP contribution in [0.15, 0.2) is 17.1 Å². The molecule has 1 saturated carbocycles. The van der Waals surface area contributed by atoms with Crippen molar-refractivity contribution in [2.45, 2.75) is 31.8 Å². The number of nitrogens with one attached hydrogen (secondary N) is 1. The second kappa shape index (κ2) is 4.63. The van der Waals surface area contributed by atoms with Gasteiger partial charge in [0.05, 0.1) is 10.7 Å². The van der Waals surface area contributed by atoms with E-state index in [0.717, 1.165) is 17.8 Å². The Hall–Kier alpha value is -1.75. The van der Waals surface area contributed by atoms with Crippen molar-refractivity contribution >= 4 is 29.2 Å². The van der Waals surface area contributed by atoms with Crippen LogP contribution in [0.2, 0.25) is 5.02 Å². The lowest BCUT2D eigenvalue weighted by atomic mass is 10.0. The number of carbonyl (C=O) groups excluding carboxylic acids is 1. The first-order chi connectivity index (χ1) is 10.2. The zero-order valence-corrected chi connectivity index (χ0v) is 12.5. The van der Waals surface area contributed by atoms with Crippen molar-refractivity contribution in [3.8, 4) is 5.75 Å². The SMILES string of the molecule is CNC(=O)Oc1cc(Cl)c2c(c1)N=C1C3CCC(C3)N1C2. The maximum absolute atomic E-state index is 11.3. The summed E-state index contributed by atoms with van der Waals surface area (Å²) in [6.07, 6.45) is 3.20. The van der Waals surface area contributed by atoms with Gasteiger partial charge in [0.2, 0.25) is 0 Å². The van der Waals surface area contributed by atoms with Crippen molar-refractivity contribution in [1.29, 1.82) is 0 Å². The first kappa shape index (κ1) is 13.0. The maximum Gasteiger partial charge on any atom is 0.412 e. The van der Waals surface area contributed by atoms with Crippen LogP contribution >= 0.6 is 11.6 Å². The van der Waals surface area contributed by atoms with E-state index in [1.165, 1.54) is 32.1 Å². The van der Waals surface area contributed by atoms with Crippen LogP contribution in [-0.2, 0) is 6.54 Å². The molecule has 110 valence electrons. The van der Waals surface area contributed by atoms with Crippen molar-refractivity contribution < 1.29 is 9.53 Å². The van der Waals surface area contributed by atoms with E-state index in [-0.39, 0.29) is 0 Å². The highest BCUT2D eigenvalue weighted by Gasteiger charge is 2.44. The van der Waals surface area contributed by atoms with Crippen LogP contribution in [0.5, 0.6) is 5.75 Å².